The van der Waals surface area contributed by atoms with Crippen LogP contribution in [-0.2, 0) is 23.6 Å². The number of hydrogen-bond donors (Lipinski definition) is 2. The van der Waals surface area contributed by atoms with E-state index in [4.69, 9.17) is 9.47 Å². The van der Waals surface area contributed by atoms with Crippen LogP contribution in [-0.4, -0.2) is 84.8 Å². The number of nitrogens with one attached hydrogen (secondary N) is 1. The van der Waals surface area contributed by atoms with Crippen molar-refractivity contribution >= 4 is 21.6 Å². The van der Waals surface area contributed by atoms with Crippen molar-refractivity contribution in [3.8, 4) is 11.5 Å². The lowest BCUT2D eigenvalue weighted by atomic mass is 9.99. The smallest absolute Gasteiger partial charge is 0.280 e. The lowest BCUT2D eigenvalue weighted by molar-refractivity contribution is 0.0341. The van der Waals surface area contributed by atoms with Gasteiger partial charge in [0.25, 0.3) is 15.9 Å². The van der Waals surface area contributed by atoms with Crippen LogP contribution in [0.4, 0.5) is 5.69 Å². The molecule has 40 heavy (non-hydrogen) atoms. The van der Waals surface area contributed by atoms with Crippen LogP contribution in [0.25, 0.3) is 0 Å². The second-order valence-electron chi connectivity index (χ2n) is 10.4. The summed E-state index contributed by atoms with van der Waals surface area (Å²) in [6.45, 7) is 5.24. The summed E-state index contributed by atoms with van der Waals surface area (Å²) in [6, 6.07) is 12.1. The Morgan fingerprint density at radius 1 is 1.25 bits per heavy atom. The fraction of sp³-hybridized carbons (Fsp3) is 0.429. The number of aryl methyl sites for hydroxylation is 1. The van der Waals surface area contributed by atoms with E-state index in [1.165, 1.54) is 23.2 Å². The first-order chi connectivity index (χ1) is 19.0. The largest absolute Gasteiger partial charge is 0.497 e. The first-order valence-electron chi connectivity index (χ1n) is 13.1. The van der Waals surface area contributed by atoms with Gasteiger partial charge in [0.2, 0.25) is 0 Å². The third-order valence-electron chi connectivity index (χ3n) is 6.98. The number of sulfonamides is 1. The Balaban J connectivity index is 1.60. The van der Waals surface area contributed by atoms with Crippen LogP contribution in [0.15, 0.2) is 60.0 Å². The van der Waals surface area contributed by atoms with Gasteiger partial charge in [0.1, 0.15) is 17.6 Å². The summed E-state index contributed by atoms with van der Waals surface area (Å²) in [7, 11) is 1.36. The number of methoxy groups -OCH3 is 1. The highest BCUT2D eigenvalue weighted by Crippen LogP contribution is 2.31. The number of ether oxygens (including phenoxy) is 2. The van der Waals surface area contributed by atoms with Gasteiger partial charge in [-0.3, -0.25) is 14.4 Å². The maximum absolute atomic E-state index is 13.7. The zero-order valence-corrected chi connectivity index (χ0v) is 24.3. The van der Waals surface area contributed by atoms with Crippen molar-refractivity contribution in [3.05, 3.63) is 66.1 Å². The number of nitrogens with zero attached hydrogens (tertiary/aromatic N) is 4. The molecule has 1 amide bonds. The Morgan fingerprint density at radius 2 is 1.98 bits per heavy atom. The highest BCUT2D eigenvalue weighted by molar-refractivity contribution is 7.92. The molecule has 0 spiro atoms. The van der Waals surface area contributed by atoms with Gasteiger partial charge in [0, 0.05) is 44.5 Å². The number of likely N-dealkylation sites (N-methyl/N-ethyl adjacent to an activating group) is 1. The van der Waals surface area contributed by atoms with Gasteiger partial charge in [-0.05, 0) is 49.9 Å². The lowest BCUT2D eigenvalue weighted by Crippen LogP contribution is -2.49. The van der Waals surface area contributed by atoms with E-state index in [2.05, 4.69) is 14.6 Å². The van der Waals surface area contributed by atoms with E-state index in [1.807, 2.05) is 38.2 Å². The molecule has 0 fully saturated rings. The molecule has 1 aliphatic heterocycles. The van der Waals surface area contributed by atoms with Gasteiger partial charge in [-0.25, -0.2) is 4.98 Å². The molecular formula is C28H37N5O6S. The summed E-state index contributed by atoms with van der Waals surface area (Å²) in [5, 5.41) is 9.78. The Hall–Kier alpha value is -3.61. The van der Waals surface area contributed by atoms with Crippen molar-refractivity contribution in [2.75, 3.05) is 38.6 Å². The van der Waals surface area contributed by atoms with Gasteiger partial charge in [-0.15, -0.1) is 0 Å². The number of rotatable bonds is 10. The molecule has 3 aromatic rings. The number of aromatic nitrogens is 2. The topological polar surface area (TPSA) is 126 Å². The quantitative estimate of drug-likeness (QED) is 0.380. The molecule has 2 heterocycles. The molecule has 11 nitrogen and oxygen atoms in total. The molecule has 0 saturated heterocycles. The normalized spacial score (nSPS) is 18.5. The van der Waals surface area contributed by atoms with Crippen molar-refractivity contribution in [2.45, 2.75) is 37.6 Å². The first kappa shape index (κ1) is 29.4. The Bertz CT molecular complexity index is 1430. The number of fused-ring (bicyclic) bond motifs is 1. The molecule has 0 aliphatic carbocycles. The van der Waals surface area contributed by atoms with Crippen molar-refractivity contribution < 1.29 is 27.8 Å². The maximum Gasteiger partial charge on any atom is 0.280 e. The number of aliphatic hydroxyl groups is 1. The zero-order valence-electron chi connectivity index (χ0n) is 23.4. The SMILES string of the molecule is COc1ccc(CN(C)C[C@H]2Oc3ccc(NS(=O)(=O)c4cn(C)cn4)cc3C(=O)N([C@@H](C)CO)C[C@H]2C)cc1. The number of hydrogen-bond acceptors (Lipinski definition) is 8. The van der Waals surface area contributed by atoms with Crippen LogP contribution in [0.2, 0.25) is 0 Å². The summed E-state index contributed by atoms with van der Waals surface area (Å²) >= 11 is 0. The molecule has 0 unspecified atom stereocenters. The predicted octanol–water partition coefficient (Wildman–Crippen LogP) is 2.58. The number of carbonyl (C=O) groups excluding carboxylic acids is 1. The molecule has 0 bridgehead atoms. The Labute approximate surface area is 235 Å². The molecule has 0 radical (unpaired) electrons. The maximum atomic E-state index is 13.7. The number of aliphatic hydroxyl groups excluding tert-OH is 1. The van der Waals surface area contributed by atoms with E-state index in [1.54, 1.807) is 38.1 Å². The van der Waals surface area contributed by atoms with E-state index in [0.717, 1.165) is 11.3 Å². The molecule has 1 aromatic heterocycles. The number of carbonyl (C=O) groups is 1. The van der Waals surface area contributed by atoms with Crippen molar-refractivity contribution in [3.63, 3.8) is 0 Å². The number of anilines is 1. The van der Waals surface area contributed by atoms with Crippen molar-refractivity contribution in [1.29, 1.82) is 0 Å². The molecule has 3 atom stereocenters. The fourth-order valence-corrected chi connectivity index (χ4v) is 5.69. The van der Waals surface area contributed by atoms with Gasteiger partial charge in [0.05, 0.1) is 31.6 Å². The standard InChI is InChI=1S/C28H37N5O6S/c1-19-13-33(20(2)17-34)28(35)24-12-22(30-40(36,37)27-16-32(4)18-29-27)8-11-25(24)39-26(19)15-31(3)14-21-6-9-23(38-5)10-7-21/h6-12,16,18-20,26,30,34H,13-15,17H2,1-5H3/t19-,20+,26-/m1/s1. The number of imidazole rings is 1. The zero-order chi connectivity index (χ0) is 29.0. The molecule has 12 heteroatoms. The summed E-state index contributed by atoms with van der Waals surface area (Å²) in [5.74, 6) is 0.763. The minimum Gasteiger partial charge on any atom is -0.497 e. The summed E-state index contributed by atoms with van der Waals surface area (Å²) in [4.78, 5) is 21.4. The molecule has 2 aromatic carbocycles. The Morgan fingerprint density at radius 3 is 2.60 bits per heavy atom. The second kappa shape index (κ2) is 12.3. The van der Waals surface area contributed by atoms with Crippen molar-refractivity contribution in [2.24, 2.45) is 13.0 Å². The first-order valence-corrected chi connectivity index (χ1v) is 14.5. The monoisotopic (exact) mass is 571 g/mol. The minimum atomic E-state index is -3.96. The van der Waals surface area contributed by atoms with Crippen LogP contribution in [0.1, 0.15) is 29.8 Å². The summed E-state index contributed by atoms with van der Waals surface area (Å²) < 4.78 is 41.4. The summed E-state index contributed by atoms with van der Waals surface area (Å²) in [5.41, 5.74) is 1.55. The minimum absolute atomic E-state index is 0.0493. The van der Waals surface area contributed by atoms with Crippen LogP contribution in [0.3, 0.4) is 0 Å². The van der Waals surface area contributed by atoms with Crippen LogP contribution in [0, 0.1) is 5.92 Å². The third-order valence-corrected chi connectivity index (χ3v) is 8.24. The average molecular weight is 572 g/mol. The van der Waals surface area contributed by atoms with E-state index in [9.17, 15) is 18.3 Å². The van der Waals surface area contributed by atoms with Gasteiger partial charge < -0.3 is 24.0 Å². The van der Waals surface area contributed by atoms with Crippen LogP contribution >= 0.6 is 0 Å². The van der Waals surface area contributed by atoms with Crippen LogP contribution < -0.4 is 14.2 Å². The van der Waals surface area contributed by atoms with E-state index < -0.39 is 16.1 Å². The number of amides is 1. The van der Waals surface area contributed by atoms with E-state index >= 15 is 0 Å². The van der Waals surface area contributed by atoms with Crippen molar-refractivity contribution in [1.82, 2.24) is 19.4 Å². The van der Waals surface area contributed by atoms with Gasteiger partial charge in [0.15, 0.2) is 5.03 Å². The molecule has 0 saturated carbocycles. The highest BCUT2D eigenvalue weighted by atomic mass is 32.2. The summed E-state index contributed by atoms with van der Waals surface area (Å²) in [6.07, 6.45) is 2.51. The van der Waals surface area contributed by atoms with Gasteiger partial charge >= 0.3 is 0 Å². The molecule has 216 valence electrons. The molecule has 2 N–H and O–H groups in total. The average Bonchev–Trinajstić information content (AvgIpc) is 3.38. The molecular weight excluding hydrogens is 534 g/mol. The van der Waals surface area contributed by atoms with E-state index in [0.29, 0.717) is 25.4 Å². The highest BCUT2D eigenvalue weighted by Gasteiger charge is 2.34. The third kappa shape index (κ3) is 6.75. The van der Waals surface area contributed by atoms with Gasteiger partial charge in [-0.1, -0.05) is 19.1 Å². The van der Waals surface area contributed by atoms with E-state index in [-0.39, 0.29) is 40.8 Å². The molecule has 1 aliphatic rings. The van der Waals surface area contributed by atoms with Gasteiger partial charge in [-0.2, -0.15) is 8.42 Å². The molecule has 4 rings (SSSR count). The predicted molar refractivity (Wildman–Crippen MR) is 151 cm³/mol. The second-order valence-corrected chi connectivity index (χ2v) is 12.0. The lowest BCUT2D eigenvalue weighted by Gasteiger charge is -2.38. The van der Waals surface area contributed by atoms with Crippen LogP contribution in [0.5, 0.6) is 11.5 Å². The fourth-order valence-electron chi connectivity index (χ4n) is 4.65. The number of benzene rings is 2. The Kier molecular flexibility index (Phi) is 9.02.